The molecule has 18 heavy (non-hydrogen) atoms. The lowest BCUT2D eigenvalue weighted by Gasteiger charge is -2.47. The van der Waals surface area contributed by atoms with E-state index in [2.05, 4.69) is 0 Å². The van der Waals surface area contributed by atoms with Gasteiger partial charge < -0.3 is 19.1 Å². The van der Waals surface area contributed by atoms with Gasteiger partial charge in [0.1, 0.15) is 0 Å². The van der Waals surface area contributed by atoms with Crippen molar-refractivity contribution in [2.24, 2.45) is 0 Å². The Morgan fingerprint density at radius 2 is 1.50 bits per heavy atom. The summed E-state index contributed by atoms with van der Waals surface area (Å²) < 4.78 is 26.1. The van der Waals surface area contributed by atoms with E-state index in [1.54, 1.807) is 13.8 Å². The summed E-state index contributed by atoms with van der Waals surface area (Å²) in [7, 11) is -4.38. The van der Waals surface area contributed by atoms with Crippen molar-refractivity contribution < 1.29 is 23.6 Å². The molecule has 0 saturated carbocycles. The van der Waals surface area contributed by atoms with Crippen molar-refractivity contribution in [3.05, 3.63) is 0 Å². The molecule has 0 amide bonds. The van der Waals surface area contributed by atoms with Crippen LogP contribution in [0.4, 0.5) is 0 Å². The van der Waals surface area contributed by atoms with Gasteiger partial charge in [0, 0.05) is 0 Å². The minimum atomic E-state index is -4.38. The molecule has 0 saturated heterocycles. The average molecular weight is 300 g/mol. The van der Waals surface area contributed by atoms with Crippen molar-refractivity contribution in [3.8, 4) is 0 Å². The lowest BCUT2D eigenvalue weighted by molar-refractivity contribution is -0.112. The number of rotatable bonds is 7. The maximum absolute atomic E-state index is 11.4. The molecule has 110 valence electrons. The zero-order valence-electron chi connectivity index (χ0n) is 11.9. The van der Waals surface area contributed by atoms with Gasteiger partial charge in [0.15, 0.2) is 5.34 Å². The van der Waals surface area contributed by atoms with Crippen LogP contribution in [0.25, 0.3) is 0 Å². The third-order valence-electron chi connectivity index (χ3n) is 3.62. The highest BCUT2D eigenvalue weighted by atomic mass is 32.2. The van der Waals surface area contributed by atoms with Crippen LogP contribution in [0.3, 0.4) is 0 Å². The maximum atomic E-state index is 11.4. The zero-order valence-corrected chi connectivity index (χ0v) is 13.6. The summed E-state index contributed by atoms with van der Waals surface area (Å²) in [6, 6.07) is 0. The van der Waals surface area contributed by atoms with Gasteiger partial charge in [-0.1, -0.05) is 13.8 Å². The van der Waals surface area contributed by atoms with Crippen molar-refractivity contribution in [3.63, 3.8) is 0 Å². The van der Waals surface area contributed by atoms with Gasteiger partial charge in [-0.05, 0) is 52.6 Å². The molecule has 0 unspecified atom stereocenters. The lowest BCUT2D eigenvalue weighted by Crippen LogP contribution is -2.52. The fraction of sp³-hybridized carbons (Fsp3) is 1.00. The molecule has 0 radical (unpaired) electrons. The molecular weight excluding hydrogens is 275 g/mol. The monoisotopic (exact) mass is 300 g/mol. The molecule has 0 aromatic carbocycles. The summed E-state index contributed by atoms with van der Waals surface area (Å²) in [5, 5.41) is -1.58. The minimum Gasteiger partial charge on any atom is -0.356 e. The predicted molar refractivity (Wildman–Crippen MR) is 74.8 cm³/mol. The third kappa shape index (κ3) is 3.50. The Morgan fingerprint density at radius 1 is 1.11 bits per heavy atom. The molecule has 3 N–H and O–H groups in total. The Hall–Kier alpha value is 0.420. The van der Waals surface area contributed by atoms with E-state index in [1.807, 2.05) is 13.8 Å². The number of hydrogen-bond acceptors (Lipinski definition) is 4. The molecule has 0 spiro atoms. The van der Waals surface area contributed by atoms with E-state index in [4.69, 9.17) is 4.74 Å². The minimum absolute atomic E-state index is 0.598. The molecule has 0 aliphatic heterocycles. The van der Waals surface area contributed by atoms with Crippen molar-refractivity contribution in [2.75, 3.05) is 0 Å². The highest BCUT2D eigenvalue weighted by Crippen LogP contribution is 2.55. The standard InChI is InChI=1S/C11H25O5PS/c1-7-11(8-2,18-15)9(3,4)16-10(5,6)17(12,13)14/h15H,7-8H2,1-6H3,(H2,12,13,14). The molecule has 0 bridgehead atoms. The fourth-order valence-corrected chi connectivity index (χ4v) is 2.98. The van der Waals surface area contributed by atoms with Crippen LogP contribution < -0.4 is 0 Å². The van der Waals surface area contributed by atoms with Crippen LogP contribution in [0, 0.1) is 0 Å². The van der Waals surface area contributed by atoms with Gasteiger partial charge in [0.05, 0.1) is 10.3 Å². The summed E-state index contributed by atoms with van der Waals surface area (Å²) in [5.41, 5.74) is -0.874. The van der Waals surface area contributed by atoms with Crippen molar-refractivity contribution in [1.29, 1.82) is 0 Å². The lowest BCUT2D eigenvalue weighted by atomic mass is 9.85. The first-order valence-electron chi connectivity index (χ1n) is 5.97. The molecule has 0 aliphatic rings. The second kappa shape index (κ2) is 5.81. The Labute approximate surface area is 114 Å². The molecule has 0 aromatic rings. The van der Waals surface area contributed by atoms with Crippen LogP contribution in [-0.4, -0.2) is 30.0 Å². The van der Waals surface area contributed by atoms with Crippen LogP contribution >= 0.6 is 19.6 Å². The summed E-state index contributed by atoms with van der Waals surface area (Å²) in [4.78, 5) is 18.6. The van der Waals surface area contributed by atoms with Gasteiger partial charge in [-0.15, -0.1) is 0 Å². The Balaban J connectivity index is 5.35. The van der Waals surface area contributed by atoms with Gasteiger partial charge in [-0.25, -0.2) is 0 Å². The maximum Gasteiger partial charge on any atom is 0.356 e. The Bertz CT molecular complexity index is 311. The number of hydrogen-bond donors (Lipinski definition) is 3. The van der Waals surface area contributed by atoms with Gasteiger partial charge in [-0.3, -0.25) is 4.57 Å². The first kappa shape index (κ1) is 18.4. The summed E-state index contributed by atoms with van der Waals surface area (Å²) >= 11 is 0.698. The first-order valence-corrected chi connectivity index (χ1v) is 8.36. The second-order valence-electron chi connectivity index (χ2n) is 5.40. The molecule has 0 aliphatic carbocycles. The van der Waals surface area contributed by atoms with E-state index in [1.165, 1.54) is 13.8 Å². The summed E-state index contributed by atoms with van der Waals surface area (Å²) in [5.74, 6) is 0. The van der Waals surface area contributed by atoms with E-state index in [-0.39, 0.29) is 0 Å². The summed E-state index contributed by atoms with van der Waals surface area (Å²) in [6.07, 6.45) is 1.27. The van der Waals surface area contributed by atoms with Crippen molar-refractivity contribution in [1.82, 2.24) is 0 Å². The quantitative estimate of drug-likeness (QED) is 0.493. The normalized spacial score (nSPS) is 14.9. The molecule has 0 atom stereocenters. The predicted octanol–water partition coefficient (Wildman–Crippen LogP) is 3.46. The average Bonchev–Trinajstić information content (AvgIpc) is 2.17. The van der Waals surface area contributed by atoms with Crippen LogP contribution in [0.15, 0.2) is 0 Å². The third-order valence-corrected chi connectivity index (χ3v) is 6.53. The Kier molecular flexibility index (Phi) is 5.95. The SMILES string of the molecule is CCC(CC)(SO)C(C)(C)OC(C)(C)P(=O)(O)O. The number of ether oxygens (including phenoxy) is 1. The van der Waals surface area contributed by atoms with Crippen LogP contribution in [0.1, 0.15) is 54.4 Å². The van der Waals surface area contributed by atoms with E-state index >= 15 is 0 Å². The first-order chi connectivity index (χ1) is 7.89. The van der Waals surface area contributed by atoms with Crippen LogP contribution in [-0.2, 0) is 9.30 Å². The second-order valence-corrected chi connectivity index (χ2v) is 8.52. The fourth-order valence-electron chi connectivity index (χ4n) is 2.12. The van der Waals surface area contributed by atoms with E-state index in [9.17, 15) is 18.9 Å². The largest absolute Gasteiger partial charge is 0.356 e. The topological polar surface area (TPSA) is 87.0 Å². The highest BCUT2D eigenvalue weighted by Gasteiger charge is 2.51. The van der Waals surface area contributed by atoms with Crippen LogP contribution in [0.5, 0.6) is 0 Å². The zero-order chi connectivity index (χ0) is 14.8. The van der Waals surface area contributed by atoms with Gasteiger partial charge >= 0.3 is 7.60 Å². The summed E-state index contributed by atoms with van der Waals surface area (Å²) in [6.45, 7) is 10.1. The van der Waals surface area contributed by atoms with Gasteiger partial charge in [-0.2, -0.15) is 0 Å². The van der Waals surface area contributed by atoms with E-state index in [0.717, 1.165) is 0 Å². The van der Waals surface area contributed by atoms with Gasteiger partial charge in [0.25, 0.3) is 0 Å². The van der Waals surface area contributed by atoms with E-state index < -0.39 is 23.3 Å². The molecule has 0 heterocycles. The molecule has 7 heteroatoms. The molecule has 0 rings (SSSR count). The molecular formula is C11H25O5PS. The van der Waals surface area contributed by atoms with Crippen LogP contribution in [0.2, 0.25) is 0 Å². The van der Waals surface area contributed by atoms with Crippen molar-refractivity contribution >= 4 is 19.6 Å². The smallest absolute Gasteiger partial charge is 0.356 e. The Morgan fingerprint density at radius 3 is 1.72 bits per heavy atom. The molecule has 0 aromatic heterocycles. The molecule has 0 fully saturated rings. The molecule has 5 nitrogen and oxygen atoms in total. The van der Waals surface area contributed by atoms with Crippen molar-refractivity contribution in [2.45, 2.75) is 70.1 Å². The van der Waals surface area contributed by atoms with Gasteiger partial charge in [0.2, 0.25) is 0 Å². The highest BCUT2D eigenvalue weighted by molar-refractivity contribution is 7.95. The van der Waals surface area contributed by atoms with E-state index in [0.29, 0.717) is 24.9 Å².